The molecule has 1 N–H and O–H groups in total. The van der Waals surface area contributed by atoms with Crippen molar-refractivity contribution in [3.63, 3.8) is 0 Å². The summed E-state index contributed by atoms with van der Waals surface area (Å²) in [7, 11) is 0. The molecule has 0 aromatic heterocycles. The number of nitrogens with one attached hydrogen (secondary N) is 1. The van der Waals surface area contributed by atoms with Crippen molar-refractivity contribution < 1.29 is 4.74 Å². The van der Waals surface area contributed by atoms with Gasteiger partial charge in [-0.3, -0.25) is 0 Å². The monoisotopic (exact) mass is 303 g/mol. The van der Waals surface area contributed by atoms with Crippen LogP contribution in [0.15, 0.2) is 18.2 Å². The van der Waals surface area contributed by atoms with Gasteiger partial charge in [-0.25, -0.2) is 0 Å². The Balaban J connectivity index is 0.00000180. The lowest BCUT2D eigenvalue weighted by atomic mass is 9.87. The Morgan fingerprint density at radius 2 is 2.05 bits per heavy atom. The molecule has 0 radical (unpaired) electrons. The van der Waals surface area contributed by atoms with Crippen LogP contribution >= 0.6 is 24.0 Å². The zero-order valence-corrected chi connectivity index (χ0v) is 13.4. The van der Waals surface area contributed by atoms with Crippen LogP contribution in [-0.4, -0.2) is 19.2 Å². The van der Waals surface area contributed by atoms with E-state index < -0.39 is 0 Å². The predicted molar refractivity (Wildman–Crippen MR) is 83.9 cm³/mol. The summed E-state index contributed by atoms with van der Waals surface area (Å²) < 4.78 is 5.96. The smallest absolute Gasteiger partial charge is 0.138 e. The second-order valence-electron chi connectivity index (χ2n) is 5.98. The minimum absolute atomic E-state index is 0. The van der Waals surface area contributed by atoms with Gasteiger partial charge < -0.3 is 10.1 Å². The molecule has 1 saturated heterocycles. The molecule has 2 rings (SSSR count). The number of halogens is 2. The van der Waals surface area contributed by atoms with Crippen LogP contribution < -0.4 is 10.1 Å². The Hall–Kier alpha value is -0.440. The van der Waals surface area contributed by atoms with Crippen molar-refractivity contribution in [1.29, 1.82) is 0 Å². The second-order valence-corrected chi connectivity index (χ2v) is 6.39. The molecule has 0 saturated carbocycles. The summed E-state index contributed by atoms with van der Waals surface area (Å²) >= 11 is 6.31. The average molecular weight is 304 g/mol. The van der Waals surface area contributed by atoms with Crippen LogP contribution in [-0.2, 0) is 5.41 Å². The van der Waals surface area contributed by atoms with E-state index in [2.05, 4.69) is 32.2 Å². The van der Waals surface area contributed by atoms with E-state index in [9.17, 15) is 0 Å². The number of piperidine rings is 1. The van der Waals surface area contributed by atoms with Gasteiger partial charge in [0, 0.05) is 6.54 Å². The van der Waals surface area contributed by atoms with Gasteiger partial charge in [0.2, 0.25) is 0 Å². The van der Waals surface area contributed by atoms with Crippen molar-refractivity contribution in [2.75, 3.05) is 13.1 Å². The minimum atomic E-state index is 0. The summed E-state index contributed by atoms with van der Waals surface area (Å²) in [6.07, 6.45) is 2.52. The molecule has 0 spiro atoms. The second kappa shape index (κ2) is 6.83. The third-order valence-electron chi connectivity index (χ3n) is 3.34. The van der Waals surface area contributed by atoms with Crippen molar-refractivity contribution in [3.8, 4) is 5.75 Å². The minimum Gasteiger partial charge on any atom is -0.488 e. The summed E-state index contributed by atoms with van der Waals surface area (Å²) in [6, 6.07) is 6.13. The molecule has 1 heterocycles. The molecular formula is C15H23Cl2NO. The predicted octanol–water partition coefficient (Wildman–Crippen LogP) is 4.19. The van der Waals surface area contributed by atoms with Gasteiger partial charge in [0.1, 0.15) is 11.9 Å². The molecule has 1 aliphatic heterocycles. The molecule has 1 fully saturated rings. The summed E-state index contributed by atoms with van der Waals surface area (Å²) in [5.74, 6) is 0.804. The zero-order valence-electron chi connectivity index (χ0n) is 11.8. The van der Waals surface area contributed by atoms with Crippen molar-refractivity contribution in [2.24, 2.45) is 0 Å². The first-order valence-corrected chi connectivity index (χ1v) is 7.02. The first-order valence-electron chi connectivity index (χ1n) is 6.64. The van der Waals surface area contributed by atoms with Crippen LogP contribution in [0.5, 0.6) is 5.75 Å². The van der Waals surface area contributed by atoms with E-state index in [1.165, 1.54) is 12.0 Å². The molecule has 19 heavy (non-hydrogen) atoms. The van der Waals surface area contributed by atoms with Crippen molar-refractivity contribution in [2.45, 2.75) is 45.1 Å². The number of benzene rings is 1. The van der Waals surface area contributed by atoms with E-state index in [0.29, 0.717) is 5.02 Å². The lowest BCUT2D eigenvalue weighted by Gasteiger charge is -2.25. The lowest BCUT2D eigenvalue weighted by molar-refractivity contribution is 0.167. The van der Waals surface area contributed by atoms with Gasteiger partial charge in [-0.05, 0) is 42.5 Å². The van der Waals surface area contributed by atoms with Gasteiger partial charge in [0.15, 0.2) is 0 Å². The molecule has 0 aliphatic carbocycles. The van der Waals surface area contributed by atoms with E-state index in [4.69, 9.17) is 16.3 Å². The Labute approximate surface area is 127 Å². The summed E-state index contributed by atoms with van der Waals surface area (Å²) in [4.78, 5) is 0. The van der Waals surface area contributed by atoms with E-state index in [0.717, 1.165) is 25.3 Å². The first kappa shape index (κ1) is 16.6. The van der Waals surface area contributed by atoms with E-state index in [1.54, 1.807) is 0 Å². The van der Waals surface area contributed by atoms with Gasteiger partial charge in [-0.15, -0.1) is 12.4 Å². The molecule has 2 nitrogen and oxygen atoms in total. The quantitative estimate of drug-likeness (QED) is 0.884. The van der Waals surface area contributed by atoms with Gasteiger partial charge in [-0.1, -0.05) is 38.4 Å². The number of rotatable bonds is 2. The zero-order chi connectivity index (χ0) is 13.2. The fourth-order valence-corrected chi connectivity index (χ4v) is 2.39. The molecule has 1 aliphatic rings. The van der Waals surface area contributed by atoms with E-state index in [-0.39, 0.29) is 23.9 Å². The van der Waals surface area contributed by atoms with Crippen molar-refractivity contribution in [1.82, 2.24) is 5.32 Å². The number of hydrogen-bond acceptors (Lipinski definition) is 2. The Bertz CT molecular complexity index is 409. The van der Waals surface area contributed by atoms with Gasteiger partial charge in [-0.2, -0.15) is 0 Å². The van der Waals surface area contributed by atoms with Crippen LogP contribution in [0, 0.1) is 0 Å². The third kappa shape index (κ3) is 4.55. The standard InChI is InChI=1S/C15H22ClNO.ClH/c1-15(2,3)11-6-7-14(13(16)9-11)18-12-5-4-8-17-10-12;/h6-7,9,12,17H,4-5,8,10H2,1-3H3;1H. The molecule has 108 valence electrons. The molecule has 1 atom stereocenters. The summed E-state index contributed by atoms with van der Waals surface area (Å²) in [5, 5.41) is 4.06. The van der Waals surface area contributed by atoms with Gasteiger partial charge in [0.25, 0.3) is 0 Å². The normalized spacial score (nSPS) is 19.7. The van der Waals surface area contributed by atoms with Crippen molar-refractivity contribution >= 4 is 24.0 Å². The highest BCUT2D eigenvalue weighted by molar-refractivity contribution is 6.32. The Morgan fingerprint density at radius 1 is 1.32 bits per heavy atom. The number of hydrogen-bond donors (Lipinski definition) is 1. The lowest BCUT2D eigenvalue weighted by Crippen LogP contribution is -2.37. The molecule has 0 amide bonds. The fraction of sp³-hybridized carbons (Fsp3) is 0.600. The number of ether oxygens (including phenoxy) is 1. The SMILES string of the molecule is CC(C)(C)c1ccc(OC2CCCNC2)c(Cl)c1.Cl. The van der Waals surface area contributed by atoms with Crippen LogP contribution in [0.1, 0.15) is 39.2 Å². The molecule has 1 unspecified atom stereocenters. The molecular weight excluding hydrogens is 281 g/mol. The van der Waals surface area contributed by atoms with Crippen LogP contribution in [0.3, 0.4) is 0 Å². The Kier molecular flexibility index (Phi) is 5.97. The fourth-order valence-electron chi connectivity index (χ4n) is 2.16. The van der Waals surface area contributed by atoms with Gasteiger partial charge in [0.05, 0.1) is 5.02 Å². The third-order valence-corrected chi connectivity index (χ3v) is 3.64. The highest BCUT2D eigenvalue weighted by atomic mass is 35.5. The summed E-state index contributed by atoms with van der Waals surface area (Å²) in [6.45, 7) is 8.56. The highest BCUT2D eigenvalue weighted by Crippen LogP contribution is 2.32. The van der Waals surface area contributed by atoms with Crippen molar-refractivity contribution in [3.05, 3.63) is 28.8 Å². The molecule has 1 aromatic rings. The molecule has 0 bridgehead atoms. The van der Waals surface area contributed by atoms with E-state index in [1.807, 2.05) is 12.1 Å². The first-order chi connectivity index (χ1) is 8.47. The van der Waals surface area contributed by atoms with Gasteiger partial charge >= 0.3 is 0 Å². The maximum Gasteiger partial charge on any atom is 0.138 e. The largest absolute Gasteiger partial charge is 0.488 e. The molecule has 4 heteroatoms. The van der Waals surface area contributed by atoms with E-state index >= 15 is 0 Å². The highest BCUT2D eigenvalue weighted by Gasteiger charge is 2.18. The Morgan fingerprint density at radius 3 is 2.58 bits per heavy atom. The van der Waals surface area contributed by atoms with Crippen LogP contribution in [0.4, 0.5) is 0 Å². The van der Waals surface area contributed by atoms with Crippen LogP contribution in [0.2, 0.25) is 5.02 Å². The topological polar surface area (TPSA) is 21.3 Å². The maximum absolute atomic E-state index is 6.31. The maximum atomic E-state index is 6.31. The average Bonchev–Trinajstić information content (AvgIpc) is 2.32. The summed E-state index contributed by atoms with van der Waals surface area (Å²) in [5.41, 5.74) is 1.36. The van der Waals surface area contributed by atoms with Crippen LogP contribution in [0.25, 0.3) is 0 Å². The molecule has 1 aromatic carbocycles.